The molecule has 24 nitrogen and oxygen atoms in total. The number of ether oxygens (including phenoxy) is 6. The number of rotatable bonds is 9. The van der Waals surface area contributed by atoms with E-state index in [0.29, 0.717) is 51.6 Å². The van der Waals surface area contributed by atoms with Crippen LogP contribution < -0.4 is 35.8 Å². The number of aliphatic hydroxyl groups excluding tert-OH is 3. The number of nitrogens with zero attached hydrogens (tertiary/aromatic N) is 6. The number of methoxy groups -OCH3 is 1. The number of phenols is 1. The van der Waals surface area contributed by atoms with Gasteiger partial charge >= 0.3 is 23.6 Å². The number of anilines is 2. The molecule has 5 N–H and O–H groups in total. The van der Waals surface area contributed by atoms with Gasteiger partial charge in [-0.1, -0.05) is 70.2 Å². The Morgan fingerprint density at radius 3 is 2.40 bits per heavy atom. The van der Waals surface area contributed by atoms with Crippen LogP contribution in [0.3, 0.4) is 0 Å². The minimum atomic E-state index is -2.02. The zero-order valence-electron chi connectivity index (χ0n) is 48.6. The van der Waals surface area contributed by atoms with Crippen LogP contribution in [0.15, 0.2) is 92.7 Å². The first-order valence-corrected chi connectivity index (χ1v) is 28.1. The maximum absolute atomic E-state index is 15.1. The molecule has 0 radical (unpaired) electrons. The van der Waals surface area contributed by atoms with Crippen LogP contribution in [0.5, 0.6) is 17.5 Å². The van der Waals surface area contributed by atoms with Crippen LogP contribution in [0.1, 0.15) is 65.2 Å². The number of amides is 1. The average molecular weight is 1170 g/mol. The predicted octanol–water partition coefficient (Wildman–Crippen LogP) is 5.96. The largest absolute Gasteiger partial charge is 0.507 e. The topological polar surface area (TPSA) is 310 Å². The van der Waals surface area contributed by atoms with Crippen LogP contribution in [0.25, 0.3) is 38.7 Å². The Hall–Kier alpha value is -8.42. The first kappa shape index (κ1) is 59.7. The van der Waals surface area contributed by atoms with E-state index in [1.165, 1.54) is 65.5 Å². The van der Waals surface area contributed by atoms with Crippen molar-refractivity contribution in [2.24, 2.45) is 23.7 Å². The Bertz CT molecular complexity index is 3910. The molecule has 6 aromatic rings. The van der Waals surface area contributed by atoms with Gasteiger partial charge in [-0.05, 0) is 36.0 Å². The molecule has 2 aromatic heterocycles. The summed E-state index contributed by atoms with van der Waals surface area (Å²) in [6, 6.07) is 11.3. The Morgan fingerprint density at radius 1 is 0.941 bits per heavy atom. The first-order valence-electron chi connectivity index (χ1n) is 28.1. The summed E-state index contributed by atoms with van der Waals surface area (Å²) < 4.78 is 44.1. The fourth-order valence-electron chi connectivity index (χ4n) is 11.8. The van der Waals surface area contributed by atoms with Crippen LogP contribution in [-0.4, -0.2) is 133 Å². The molecule has 4 aromatic carbocycles. The number of aromatic hydroxyl groups is 1. The first-order chi connectivity index (χ1) is 40.5. The zero-order valence-corrected chi connectivity index (χ0v) is 48.6. The van der Waals surface area contributed by atoms with Crippen molar-refractivity contribution in [2.45, 2.75) is 111 Å². The summed E-state index contributed by atoms with van der Waals surface area (Å²) >= 11 is 0. The third kappa shape index (κ3) is 11.6. The lowest BCUT2D eigenvalue weighted by molar-refractivity contribution is -0.389. The van der Waals surface area contributed by atoms with E-state index in [2.05, 4.69) is 21.3 Å². The van der Waals surface area contributed by atoms with Crippen LogP contribution in [0, 0.1) is 40.7 Å². The molecule has 4 aliphatic rings. The highest BCUT2D eigenvalue weighted by atomic mass is 16.7. The third-order valence-electron chi connectivity index (χ3n) is 16.8. The number of esters is 1. The second-order valence-electron chi connectivity index (χ2n) is 22.7. The number of hydrogen-bond donors (Lipinski definition) is 5. The monoisotopic (exact) mass is 1170 g/mol. The highest BCUT2D eigenvalue weighted by molar-refractivity contribution is 6.17. The molecule has 0 unspecified atom stereocenters. The van der Waals surface area contributed by atoms with Gasteiger partial charge in [-0.25, -0.2) is 4.98 Å². The molecule has 1 amide bonds. The van der Waals surface area contributed by atoms with Gasteiger partial charge in [0.05, 0.1) is 48.3 Å². The van der Waals surface area contributed by atoms with Crippen LogP contribution in [0.4, 0.5) is 17.2 Å². The van der Waals surface area contributed by atoms with E-state index in [1.807, 2.05) is 23.1 Å². The summed E-state index contributed by atoms with van der Waals surface area (Å²) in [4.78, 5) is 79.9. The van der Waals surface area contributed by atoms with Gasteiger partial charge in [-0.2, -0.15) is 0 Å². The molecule has 0 aliphatic carbocycles. The maximum atomic E-state index is 15.1. The lowest BCUT2D eigenvalue weighted by Gasteiger charge is -2.38. The minimum Gasteiger partial charge on any atom is -0.507 e. The van der Waals surface area contributed by atoms with Crippen molar-refractivity contribution in [3.8, 4) is 17.5 Å². The van der Waals surface area contributed by atoms with E-state index in [1.54, 1.807) is 50.5 Å². The Balaban J connectivity index is 0.983. The molecule has 0 saturated carbocycles. The molecule has 24 heteroatoms. The van der Waals surface area contributed by atoms with E-state index in [0.717, 1.165) is 11.1 Å². The number of piperazine rings is 1. The van der Waals surface area contributed by atoms with Crippen molar-refractivity contribution in [1.29, 1.82) is 0 Å². The summed E-state index contributed by atoms with van der Waals surface area (Å²) in [5.41, 5.74) is 0.197. The standard InChI is InChI=1S/C61H69N7O17/c1-30-12-10-13-31(2)59(76)64-50-54(74)46-45(47-56(35(6)53(46)73)85-61(8,58(47)75)82-21-16-42(79-9)32(3)55(83-36(7)69)34(5)52(72)33(4)51(30)71)49-57(50)84-43-24-39(23-41(70)48(43)63-49)66-19-17-65(18-20-66)25-37-14-11-15-38(22-37)28-80-40-26-67-27-44(68(77)78)62-60(67)81-29-40/h10-16,21-24,27,30,32-34,40,42,51-52,55,71-73,75H,17-20,25-26,28-29H2,1-9H3,(H,64,76)/b12-10+,21-16+,31-13-/t30-,32+,33+,34+,40-,42-,51-,52+,55+,61-/m0/s1. The molecular weight excluding hydrogens is 1100 g/mol. The van der Waals surface area contributed by atoms with Crippen LogP contribution in [0.2, 0.25) is 0 Å². The van der Waals surface area contributed by atoms with Crippen molar-refractivity contribution >= 4 is 67.8 Å². The van der Waals surface area contributed by atoms with E-state index in [-0.39, 0.29) is 79.6 Å². The number of carbonyl (C=O) groups is 2. The van der Waals surface area contributed by atoms with Crippen molar-refractivity contribution in [2.75, 3.05) is 50.1 Å². The number of imidazole rings is 1. The van der Waals surface area contributed by atoms with Crippen molar-refractivity contribution in [1.82, 2.24) is 19.4 Å². The number of nitro groups is 1. The molecule has 10 atom stereocenters. The molecule has 4 aliphatic heterocycles. The smallest absolute Gasteiger partial charge is 0.414 e. The third-order valence-corrected chi connectivity index (χ3v) is 16.8. The molecule has 4 bridgehead atoms. The van der Waals surface area contributed by atoms with Gasteiger partial charge < -0.3 is 73.6 Å². The van der Waals surface area contributed by atoms with Crippen molar-refractivity contribution in [3.05, 3.63) is 131 Å². The highest BCUT2D eigenvalue weighted by Crippen LogP contribution is 2.43. The normalized spacial score (nSPS) is 27.4. The number of allylic oxidation sites excluding steroid dienone is 2. The number of fused-ring (bicyclic) bond motifs is 3. The molecule has 85 heavy (non-hydrogen) atoms. The summed E-state index contributed by atoms with van der Waals surface area (Å²) in [6.07, 6.45) is 4.39. The van der Waals surface area contributed by atoms with E-state index < -0.39 is 98.7 Å². The lowest BCUT2D eigenvalue weighted by Crippen LogP contribution is -2.46. The van der Waals surface area contributed by atoms with E-state index in [9.17, 15) is 44.9 Å². The molecule has 1 fully saturated rings. The maximum Gasteiger partial charge on any atom is 0.414 e. The molecule has 450 valence electrons. The Morgan fingerprint density at radius 2 is 1.68 bits per heavy atom. The molecular formula is C61H69N7O17. The van der Waals surface area contributed by atoms with Gasteiger partial charge in [-0.15, -0.1) is 0 Å². The molecule has 0 spiro atoms. The number of nitrogens with one attached hydrogen (secondary N) is 1. The SMILES string of the molecule is CO[C@H]1/C=C/O[C@@]2(C)Oc3c(C)c(O)c4c(=O)c(c5oc6cc(N7CCN(Cc8cccc(CO[C@@H]9COc%10nc([N+](=O)[O-])cn%10C9)c8)CC7)cc(=O)c6nc5c4c3=C2O)NC(=O)/C(C)=C\C=C\[C@H](C)[C@H](O)[C@@H](C)[C@@H](O)[C@@H](C)[C@H](OC(C)=O)[C@@H]1C. The molecule has 1 saturated heterocycles. The minimum absolute atomic E-state index is 0.0180. The fraction of sp³-hybridized carbons (Fsp3) is 0.443. The number of phenolic OH excluding ortho intramolecular Hbond substituents is 1. The van der Waals surface area contributed by atoms with Gasteiger partial charge in [0.25, 0.3) is 5.91 Å². The lowest BCUT2D eigenvalue weighted by atomic mass is 9.78. The molecule has 6 heterocycles. The van der Waals surface area contributed by atoms with Gasteiger partial charge in [-0.3, -0.25) is 28.6 Å². The highest BCUT2D eigenvalue weighted by Gasteiger charge is 2.44. The van der Waals surface area contributed by atoms with Gasteiger partial charge in [0.1, 0.15) is 47.7 Å². The Labute approximate surface area is 487 Å². The summed E-state index contributed by atoms with van der Waals surface area (Å²) in [5, 5.41) is 60.8. The summed E-state index contributed by atoms with van der Waals surface area (Å²) in [6.45, 7) is 16.3. The number of hydrogen-bond acceptors (Lipinski definition) is 21. The predicted molar refractivity (Wildman–Crippen MR) is 312 cm³/mol. The number of aliphatic hydroxyl groups is 3. The summed E-state index contributed by atoms with van der Waals surface area (Å²) in [7, 11) is 1.44. The van der Waals surface area contributed by atoms with Crippen molar-refractivity contribution in [3.63, 3.8) is 0 Å². The molecule has 10 rings (SSSR count). The second kappa shape index (κ2) is 23.9. The number of benzene rings is 4. The Kier molecular flexibility index (Phi) is 16.8. The number of aromatic nitrogens is 3. The number of carbonyl (C=O) groups excluding carboxylic acids is 2. The van der Waals surface area contributed by atoms with Gasteiger partial charge in [0, 0.05) is 117 Å². The average Bonchev–Trinajstić information content (AvgIpc) is 1.71. The zero-order chi connectivity index (χ0) is 60.9. The fourth-order valence-corrected chi connectivity index (χ4v) is 11.8. The van der Waals surface area contributed by atoms with Gasteiger partial charge in [0.15, 0.2) is 22.4 Å². The quantitative estimate of drug-likeness (QED) is 0.0366. The second-order valence-corrected chi connectivity index (χ2v) is 22.7. The van der Waals surface area contributed by atoms with Crippen molar-refractivity contribution < 1.29 is 67.8 Å². The van der Waals surface area contributed by atoms with E-state index >= 15 is 4.79 Å². The van der Waals surface area contributed by atoms with Crippen LogP contribution in [-0.2, 0) is 48.2 Å². The van der Waals surface area contributed by atoms with Gasteiger partial charge in [0.2, 0.25) is 10.9 Å². The summed E-state index contributed by atoms with van der Waals surface area (Å²) in [5.74, 6) is -7.50. The van der Waals surface area contributed by atoms with E-state index in [4.69, 9.17) is 37.8 Å². The van der Waals surface area contributed by atoms with Crippen LogP contribution >= 0.6 is 0 Å².